The molecule has 6 nitrogen and oxygen atoms in total. The molecule has 4 rings (SSSR count). The van der Waals surface area contributed by atoms with E-state index in [2.05, 4.69) is 27.2 Å². The molecular formula is C16H25N5O. The third kappa shape index (κ3) is 2.60. The van der Waals surface area contributed by atoms with Crippen molar-refractivity contribution in [2.75, 3.05) is 33.2 Å². The second-order valence-electron chi connectivity index (χ2n) is 7.21. The maximum atomic E-state index is 12.5. The van der Waals surface area contributed by atoms with Gasteiger partial charge in [-0.2, -0.15) is 0 Å². The molecular weight excluding hydrogens is 278 g/mol. The minimum atomic E-state index is 0.0941. The molecule has 1 atom stereocenters. The minimum absolute atomic E-state index is 0.0941. The summed E-state index contributed by atoms with van der Waals surface area (Å²) in [6, 6.07) is 0.254. The highest BCUT2D eigenvalue weighted by Gasteiger charge is 2.53. The molecule has 0 unspecified atom stereocenters. The van der Waals surface area contributed by atoms with Crippen molar-refractivity contribution in [3.05, 3.63) is 18.2 Å². The third-order valence-electron chi connectivity index (χ3n) is 5.70. The van der Waals surface area contributed by atoms with Gasteiger partial charge in [-0.1, -0.05) is 0 Å². The Bertz CT molecular complexity index is 535. The number of carbonyl (C=O) groups excluding carboxylic acids is 1. The number of nitrogens with one attached hydrogen (secondary N) is 2. The number of imidazole rings is 1. The third-order valence-corrected chi connectivity index (χ3v) is 5.70. The lowest BCUT2D eigenvalue weighted by Crippen LogP contribution is -2.53. The standard InChI is InChI=1S/C16H25N5O/c1-20-8-9-21(10-13(20)14-17-6-7-18-14)15(22)19-11-16(4-5-16)12-2-3-12/h6-7,12-13H,2-5,8-11H2,1H3,(H,17,18)(H,19,22)/t13-/m0/s1. The molecule has 3 aliphatic rings. The molecule has 0 spiro atoms. The number of aromatic nitrogens is 2. The second-order valence-corrected chi connectivity index (χ2v) is 7.21. The molecule has 0 bridgehead atoms. The van der Waals surface area contributed by atoms with Gasteiger partial charge in [0.2, 0.25) is 0 Å². The lowest BCUT2D eigenvalue weighted by molar-refractivity contribution is 0.105. The summed E-state index contributed by atoms with van der Waals surface area (Å²) in [4.78, 5) is 24.2. The quantitative estimate of drug-likeness (QED) is 0.888. The molecule has 2 N–H and O–H groups in total. The molecule has 1 aromatic rings. The maximum absolute atomic E-state index is 12.5. The summed E-state index contributed by atoms with van der Waals surface area (Å²) in [7, 11) is 2.09. The van der Waals surface area contributed by atoms with Gasteiger partial charge < -0.3 is 15.2 Å². The molecule has 22 heavy (non-hydrogen) atoms. The molecule has 3 fully saturated rings. The summed E-state index contributed by atoms with van der Waals surface area (Å²) < 4.78 is 0. The van der Waals surface area contributed by atoms with Crippen molar-refractivity contribution in [2.45, 2.75) is 31.7 Å². The summed E-state index contributed by atoms with van der Waals surface area (Å²) in [5, 5.41) is 3.20. The highest BCUT2D eigenvalue weighted by Crippen LogP contribution is 2.60. The van der Waals surface area contributed by atoms with Crippen LogP contribution in [0.25, 0.3) is 0 Å². The molecule has 6 heteroatoms. The van der Waals surface area contributed by atoms with Crippen LogP contribution in [0, 0.1) is 11.3 Å². The number of aromatic amines is 1. The van der Waals surface area contributed by atoms with E-state index in [0.717, 1.165) is 31.4 Å². The van der Waals surface area contributed by atoms with Gasteiger partial charge in [0, 0.05) is 38.6 Å². The number of rotatable bonds is 4. The monoisotopic (exact) mass is 303 g/mol. The van der Waals surface area contributed by atoms with Crippen molar-refractivity contribution in [1.29, 1.82) is 0 Å². The van der Waals surface area contributed by atoms with E-state index < -0.39 is 0 Å². The van der Waals surface area contributed by atoms with E-state index in [0.29, 0.717) is 12.0 Å². The summed E-state index contributed by atoms with van der Waals surface area (Å²) in [5.74, 6) is 1.83. The van der Waals surface area contributed by atoms with Crippen LogP contribution in [0.3, 0.4) is 0 Å². The predicted molar refractivity (Wildman–Crippen MR) is 83.3 cm³/mol. The van der Waals surface area contributed by atoms with Crippen LogP contribution in [0.5, 0.6) is 0 Å². The summed E-state index contributed by atoms with van der Waals surface area (Å²) >= 11 is 0. The lowest BCUT2D eigenvalue weighted by Gasteiger charge is -2.38. The van der Waals surface area contributed by atoms with E-state index in [-0.39, 0.29) is 12.1 Å². The van der Waals surface area contributed by atoms with E-state index >= 15 is 0 Å². The van der Waals surface area contributed by atoms with Gasteiger partial charge in [-0.3, -0.25) is 4.90 Å². The van der Waals surface area contributed by atoms with Gasteiger partial charge in [0.15, 0.2) is 0 Å². The highest BCUT2D eigenvalue weighted by atomic mass is 16.2. The summed E-state index contributed by atoms with van der Waals surface area (Å²) in [5.41, 5.74) is 0.461. The fraction of sp³-hybridized carbons (Fsp3) is 0.750. The van der Waals surface area contributed by atoms with Crippen LogP contribution in [0.15, 0.2) is 12.4 Å². The molecule has 0 radical (unpaired) electrons. The van der Waals surface area contributed by atoms with Crippen LogP contribution in [0.4, 0.5) is 4.79 Å². The molecule has 2 saturated carbocycles. The van der Waals surface area contributed by atoms with Gasteiger partial charge in [-0.15, -0.1) is 0 Å². The fourth-order valence-electron chi connectivity index (χ4n) is 3.76. The Morgan fingerprint density at radius 2 is 2.27 bits per heavy atom. The smallest absolute Gasteiger partial charge is 0.317 e. The van der Waals surface area contributed by atoms with E-state index in [4.69, 9.17) is 0 Å². The van der Waals surface area contributed by atoms with Crippen molar-refractivity contribution < 1.29 is 4.79 Å². The summed E-state index contributed by atoms with van der Waals surface area (Å²) in [6.07, 6.45) is 8.95. The molecule has 120 valence electrons. The van der Waals surface area contributed by atoms with E-state index in [1.807, 2.05) is 11.1 Å². The van der Waals surface area contributed by atoms with E-state index in [9.17, 15) is 4.79 Å². The molecule has 1 aromatic heterocycles. The number of piperazine rings is 1. The summed E-state index contributed by atoms with van der Waals surface area (Å²) in [6.45, 7) is 3.24. The van der Waals surface area contributed by atoms with Gasteiger partial charge >= 0.3 is 6.03 Å². The van der Waals surface area contributed by atoms with Crippen LogP contribution in [-0.4, -0.2) is 59.0 Å². The van der Waals surface area contributed by atoms with Gasteiger partial charge in [0.05, 0.1) is 6.04 Å². The molecule has 1 aliphatic heterocycles. The lowest BCUT2D eigenvalue weighted by atomic mass is 10.0. The fourth-order valence-corrected chi connectivity index (χ4v) is 3.76. The first-order valence-electron chi connectivity index (χ1n) is 8.40. The van der Waals surface area contributed by atoms with Crippen molar-refractivity contribution in [3.8, 4) is 0 Å². The van der Waals surface area contributed by atoms with Crippen LogP contribution in [0.1, 0.15) is 37.5 Å². The molecule has 1 saturated heterocycles. The number of carbonyl (C=O) groups is 1. The normalized spacial score (nSPS) is 27.7. The largest absolute Gasteiger partial charge is 0.347 e. The first-order chi connectivity index (χ1) is 10.7. The Hall–Kier alpha value is -1.56. The van der Waals surface area contributed by atoms with Gasteiger partial charge in [-0.25, -0.2) is 9.78 Å². The number of amides is 2. The average molecular weight is 303 g/mol. The average Bonchev–Trinajstić information content (AvgIpc) is 3.44. The van der Waals surface area contributed by atoms with Gasteiger partial charge in [0.25, 0.3) is 0 Å². The predicted octanol–water partition coefficient (Wildman–Crippen LogP) is 1.60. The molecule has 2 aliphatic carbocycles. The number of hydrogen-bond acceptors (Lipinski definition) is 3. The zero-order valence-corrected chi connectivity index (χ0v) is 13.2. The number of nitrogens with zero attached hydrogens (tertiary/aromatic N) is 3. The Labute approximate surface area is 131 Å². The SMILES string of the molecule is CN1CCN(C(=O)NCC2(C3CC3)CC2)C[C@H]1c1ncc[nH]1. The Balaban J connectivity index is 1.34. The van der Waals surface area contributed by atoms with Crippen molar-refractivity contribution in [1.82, 2.24) is 25.1 Å². The molecule has 0 aromatic carbocycles. The number of urea groups is 1. The number of likely N-dealkylation sites (N-methyl/N-ethyl adjacent to an activating group) is 1. The van der Waals surface area contributed by atoms with E-state index in [1.165, 1.54) is 25.7 Å². The van der Waals surface area contributed by atoms with E-state index in [1.54, 1.807) is 6.20 Å². The topological polar surface area (TPSA) is 64.3 Å². The van der Waals surface area contributed by atoms with Crippen LogP contribution in [-0.2, 0) is 0 Å². The second kappa shape index (κ2) is 5.26. The first kappa shape index (κ1) is 14.1. The maximum Gasteiger partial charge on any atom is 0.317 e. The molecule has 2 heterocycles. The number of H-pyrrole nitrogens is 1. The zero-order chi connectivity index (χ0) is 15.2. The van der Waals surface area contributed by atoms with Gasteiger partial charge in [-0.05, 0) is 44.1 Å². The highest BCUT2D eigenvalue weighted by molar-refractivity contribution is 5.74. The first-order valence-corrected chi connectivity index (χ1v) is 8.40. The minimum Gasteiger partial charge on any atom is -0.347 e. The molecule has 2 amide bonds. The zero-order valence-electron chi connectivity index (χ0n) is 13.2. The Morgan fingerprint density at radius 3 is 2.91 bits per heavy atom. The van der Waals surface area contributed by atoms with Crippen molar-refractivity contribution in [3.63, 3.8) is 0 Å². The van der Waals surface area contributed by atoms with Crippen LogP contribution >= 0.6 is 0 Å². The van der Waals surface area contributed by atoms with Crippen molar-refractivity contribution >= 4 is 6.03 Å². The Morgan fingerprint density at radius 1 is 1.45 bits per heavy atom. The number of hydrogen-bond donors (Lipinski definition) is 2. The Kier molecular flexibility index (Phi) is 3.36. The van der Waals surface area contributed by atoms with Gasteiger partial charge in [0.1, 0.15) is 5.82 Å². The van der Waals surface area contributed by atoms with Crippen molar-refractivity contribution in [2.24, 2.45) is 11.3 Å². The van der Waals surface area contributed by atoms with Crippen LogP contribution < -0.4 is 5.32 Å². The van der Waals surface area contributed by atoms with Crippen LogP contribution in [0.2, 0.25) is 0 Å².